The van der Waals surface area contributed by atoms with E-state index in [1.807, 2.05) is 133 Å². The molecule has 2 fully saturated rings. The summed E-state index contributed by atoms with van der Waals surface area (Å²) in [6, 6.07) is 55.6. The first kappa shape index (κ1) is 99.2. The van der Waals surface area contributed by atoms with E-state index in [-0.39, 0.29) is 81.7 Å². The highest BCUT2D eigenvalue weighted by Crippen LogP contribution is 2.45. The molecule has 29 nitrogen and oxygen atoms in total. The van der Waals surface area contributed by atoms with Crippen molar-refractivity contribution in [1.82, 2.24) is 57.7 Å². The molecule has 0 aromatic heterocycles. The monoisotopic (exact) mass is 1850 g/mol. The number of aliphatic carboxylic acids is 2. The van der Waals surface area contributed by atoms with Gasteiger partial charge in [-0.2, -0.15) is 0 Å². The number of likely N-dealkylation sites (tertiary alicyclic amines) is 2. The molecular weight excluding hydrogens is 1730 g/mol. The summed E-state index contributed by atoms with van der Waals surface area (Å²) in [7, 11) is 4.52. The molecule has 2 saturated heterocycles. The average molecular weight is 1850 g/mol. The van der Waals surface area contributed by atoms with Gasteiger partial charge in [0.15, 0.2) is 5.78 Å². The predicted octanol–water partition coefficient (Wildman–Crippen LogP) is 10.1. The van der Waals surface area contributed by atoms with Gasteiger partial charge in [0.2, 0.25) is 41.4 Å². The van der Waals surface area contributed by atoms with Crippen molar-refractivity contribution in [3.63, 3.8) is 0 Å². The minimum atomic E-state index is -1.61. The summed E-state index contributed by atoms with van der Waals surface area (Å²) < 4.78 is 10.7. The molecule has 29 heteroatoms. The number of ketones is 1. The second-order valence-electron chi connectivity index (χ2n) is 38.0. The van der Waals surface area contributed by atoms with Gasteiger partial charge in [0.05, 0.1) is 43.5 Å². The third kappa shape index (κ3) is 24.4. The van der Waals surface area contributed by atoms with Crippen molar-refractivity contribution in [2.45, 2.75) is 186 Å². The van der Waals surface area contributed by atoms with Crippen LogP contribution in [0.3, 0.4) is 0 Å². The van der Waals surface area contributed by atoms with Crippen molar-refractivity contribution in [2.24, 2.45) is 22.7 Å². The molecule has 10 aromatic rings. The van der Waals surface area contributed by atoms with Gasteiger partial charge in [-0.25, -0.2) is 4.79 Å². The fraction of sp³-hybridized carbons (Fsp3) is 0.364. The summed E-state index contributed by atoms with van der Waals surface area (Å²) in [5.74, 6) is -12.2. The zero-order valence-electron chi connectivity index (χ0n) is 78.3. The first-order chi connectivity index (χ1) is 64.9. The molecule has 0 spiro atoms. The molecular formula is C107H119N11O18. The number of carboxylic acid groups (broad SMARTS) is 2. The molecule has 1 aliphatic carbocycles. The molecule has 10 aromatic carbocycles. The van der Waals surface area contributed by atoms with Gasteiger partial charge in [-0.1, -0.05) is 242 Å². The van der Waals surface area contributed by atoms with Gasteiger partial charge in [0.25, 0.3) is 11.8 Å². The van der Waals surface area contributed by atoms with Gasteiger partial charge in [-0.05, 0) is 178 Å². The molecule has 6 heterocycles. The zero-order chi connectivity index (χ0) is 97.6. The fourth-order valence-corrected chi connectivity index (χ4v) is 18.2. The number of nitrogens with zero attached hydrogens (tertiary/aromatic N) is 2. The molecule has 6 aliphatic heterocycles. The lowest BCUT2D eigenvalue weighted by molar-refractivity contribution is -0.153. The van der Waals surface area contributed by atoms with Crippen LogP contribution in [-0.2, 0) is 99.1 Å². The summed E-state index contributed by atoms with van der Waals surface area (Å²) in [6.07, 6.45) is -1.29. The van der Waals surface area contributed by atoms with E-state index < -0.39 is 178 Å². The van der Waals surface area contributed by atoms with E-state index in [4.69, 9.17) is 9.47 Å². The second kappa shape index (κ2) is 43.8. The summed E-state index contributed by atoms with van der Waals surface area (Å²) in [6.45, 7) is 13.5. The van der Waals surface area contributed by atoms with Crippen molar-refractivity contribution in [3.8, 4) is 11.1 Å². The van der Waals surface area contributed by atoms with Crippen LogP contribution in [0, 0.1) is 22.7 Å². The number of likely N-dealkylation sites (N-methyl/N-ethyl adjacent to an activating group) is 2. The first-order valence-corrected chi connectivity index (χ1v) is 46.0. The van der Waals surface area contributed by atoms with Gasteiger partial charge in [0.1, 0.15) is 42.9 Å². The van der Waals surface area contributed by atoms with E-state index in [1.54, 1.807) is 81.6 Å². The molecule has 13 atom stereocenters. The van der Waals surface area contributed by atoms with Gasteiger partial charge >= 0.3 is 23.9 Å². The number of carbonyl (C=O) groups excluding carboxylic acids is 12. The molecule has 710 valence electrons. The van der Waals surface area contributed by atoms with E-state index in [1.165, 1.54) is 76.6 Å². The van der Waals surface area contributed by atoms with Crippen LogP contribution >= 0.6 is 0 Å². The molecule has 0 saturated carbocycles. The molecule has 136 heavy (non-hydrogen) atoms. The predicted molar refractivity (Wildman–Crippen MR) is 515 cm³/mol. The van der Waals surface area contributed by atoms with Crippen LogP contribution in [0.4, 0.5) is 0 Å². The number of esters is 2. The number of hydrogen-bond donors (Lipinski definition) is 11. The normalized spacial score (nSPS) is 20.2. The fourth-order valence-electron chi connectivity index (χ4n) is 18.2. The maximum absolute atomic E-state index is 15.2. The summed E-state index contributed by atoms with van der Waals surface area (Å²) in [5, 5.41) is 52.9. The van der Waals surface area contributed by atoms with Crippen LogP contribution < -0.4 is 47.9 Å². The highest BCUT2D eigenvalue weighted by atomic mass is 16.5. The summed E-state index contributed by atoms with van der Waals surface area (Å²) >= 11 is 0. The van der Waals surface area contributed by atoms with E-state index >= 15 is 19.2 Å². The SMILES string of the molecule is CN[C@@H](C)C(=O)N[C@H](C(=O)N1C[C@@H]2C[C@H]1C(=O)N[C@@H](Cc1ccc3ccccc3c1)C(=O)C[C@H](C(=O)O)Cc1ccc(cc1)C(=O)N[C@H]1C[C@@H](C(=O)N[C@@H](Cc3ccc4ccccc4c3)C(=O)N[C@H](C(=O)O)Cc3ccc(cc3)C(=O)N2)N(C(=O)[C@@H](NC(=O)[C@H](C)NC)C(C)(C)C)C1)C(C)(C)C.COC(=O)C(CC(=O)OCC1c2ccccc2-c2ccccc21)Cc1ccc2ccccc2c1. The lowest BCUT2D eigenvalue weighted by atomic mass is 9.85. The van der Waals surface area contributed by atoms with Crippen LogP contribution in [0.5, 0.6) is 0 Å². The maximum Gasteiger partial charge on any atom is 0.326 e. The summed E-state index contributed by atoms with van der Waals surface area (Å²) in [5.41, 5.74) is 6.03. The zero-order valence-corrected chi connectivity index (χ0v) is 78.3. The van der Waals surface area contributed by atoms with Crippen molar-refractivity contribution >= 4 is 115 Å². The van der Waals surface area contributed by atoms with E-state index in [9.17, 15) is 58.2 Å². The quantitative estimate of drug-likeness (QED) is 0.0298. The molecule has 7 aliphatic rings. The highest BCUT2D eigenvalue weighted by Gasteiger charge is 2.49. The van der Waals surface area contributed by atoms with Crippen LogP contribution in [0.25, 0.3) is 43.4 Å². The van der Waals surface area contributed by atoms with Crippen LogP contribution in [0.1, 0.15) is 147 Å². The molecule has 17 rings (SSSR count). The number of hydrogen-bond acceptors (Lipinski definition) is 18. The third-order valence-electron chi connectivity index (χ3n) is 26.1. The molecule has 0 radical (unpaired) electrons. The highest BCUT2D eigenvalue weighted by molar-refractivity contribution is 6.01. The Bertz CT molecular complexity index is 5860. The van der Waals surface area contributed by atoms with E-state index in [2.05, 4.69) is 78.2 Å². The number of rotatable bonds is 21. The number of nitrogens with one attached hydrogen (secondary N) is 9. The standard InChI is InChI=1S/C77H93N11O14.C30H26O4/c1-42(78-9)65(90)85-63(76(3,4)5)72(97)87-40-55-38-60(87)70(95)82-57(35-46-23-25-48-15-11-13-17-52(48)32-46)62(89)37-54(74(99)100)31-44-19-27-50(28-20-44)67(92)81-56-39-61(88(41-56)73(98)64(77(6,7)8)86-66(91)43(2)79-10)71(96)83-58(36-47-24-26-49-16-12-14-18-53(49)33-47)69(94)84-59(75(101)102)34-45-21-29-51(30-22-45)68(93)80-55;1-33-30(32)23(17-20-14-15-21-8-2-3-9-22(21)16-20)18-29(31)34-19-28-26-12-6-4-10-24(26)25-11-5-7-13-27(25)28/h11-30,32-33,42-43,54-61,63-64,78-79H,31,34-41H2,1-10H3,(H,80,93)(H,81,92)(H,82,95)(H,83,96)(H,84,94)(H,85,90)(H,86,91)(H,99,100)(H,101,102);2-16,23,28H,17-19H2,1H3/t42-,43-,54+,55-,56-,57-,58-,59-,60-,61-,63+,64+;/m0./s1. The van der Waals surface area contributed by atoms with Gasteiger partial charge in [0, 0.05) is 61.5 Å². The van der Waals surface area contributed by atoms with E-state index in [0.717, 1.165) is 49.0 Å². The number of carbonyl (C=O) groups is 14. The van der Waals surface area contributed by atoms with Crippen LogP contribution in [0.2, 0.25) is 0 Å². The number of ether oxygens (including phenoxy) is 2. The van der Waals surface area contributed by atoms with E-state index in [0.29, 0.717) is 28.7 Å². The largest absolute Gasteiger partial charge is 0.481 e. The topological polar surface area (TPSA) is 413 Å². The Balaban J connectivity index is 0.000000381. The Labute approximate surface area is 790 Å². The van der Waals surface area contributed by atoms with Gasteiger partial charge in [-0.15, -0.1) is 0 Å². The van der Waals surface area contributed by atoms with Gasteiger partial charge in [-0.3, -0.25) is 62.3 Å². The Morgan fingerprint density at radius 3 is 1.29 bits per heavy atom. The number of Topliss-reactive ketones (excluding diaryl/α,β-unsaturated/α-hetero) is 1. The minimum absolute atomic E-state index is 0.00610. The van der Waals surface area contributed by atoms with Crippen molar-refractivity contribution < 1.29 is 86.8 Å². The number of fused-ring (bicyclic) bond motifs is 6. The van der Waals surface area contributed by atoms with Crippen LogP contribution in [-0.4, -0.2) is 210 Å². The van der Waals surface area contributed by atoms with Gasteiger partial charge < -0.3 is 77.3 Å². The summed E-state index contributed by atoms with van der Waals surface area (Å²) in [4.78, 5) is 201. The molecule has 8 bridgehead atoms. The lowest BCUT2D eigenvalue weighted by Crippen LogP contribution is -2.61. The second-order valence-corrected chi connectivity index (χ2v) is 38.0. The minimum Gasteiger partial charge on any atom is -0.481 e. The Hall–Kier alpha value is -14.3. The van der Waals surface area contributed by atoms with Crippen molar-refractivity contribution in [3.05, 3.63) is 275 Å². The number of amides is 9. The van der Waals surface area contributed by atoms with Crippen molar-refractivity contribution in [1.29, 1.82) is 0 Å². The molecule has 9 amide bonds. The number of carboxylic acids is 2. The number of methoxy groups -OCH3 is 1. The first-order valence-electron chi connectivity index (χ1n) is 46.0. The maximum atomic E-state index is 15.2. The van der Waals surface area contributed by atoms with Crippen LogP contribution in [0.15, 0.2) is 224 Å². The third-order valence-corrected chi connectivity index (χ3v) is 26.1. The van der Waals surface area contributed by atoms with Crippen molar-refractivity contribution in [2.75, 3.05) is 40.9 Å². The Morgan fingerprint density at radius 2 is 0.860 bits per heavy atom. The molecule has 11 N–H and O–H groups in total. The Morgan fingerprint density at radius 1 is 0.456 bits per heavy atom. The average Bonchev–Trinajstić information content (AvgIpc) is 1.62. The smallest absolute Gasteiger partial charge is 0.326 e. The lowest BCUT2D eigenvalue weighted by Gasteiger charge is -2.36. The Kier molecular flexibility index (Phi) is 31.9. The number of benzene rings is 10. The molecule has 1 unspecified atom stereocenters.